The molecule has 0 unspecified atom stereocenters. The minimum absolute atomic E-state index is 0.0516. The molecule has 0 radical (unpaired) electrons. The van der Waals surface area contributed by atoms with Gasteiger partial charge < -0.3 is 5.73 Å². The van der Waals surface area contributed by atoms with E-state index in [1.54, 1.807) is 0 Å². The number of aromatic nitrogens is 1. The second-order valence-corrected chi connectivity index (χ2v) is 2.91. The van der Waals surface area contributed by atoms with Gasteiger partial charge in [-0.05, 0) is 13.0 Å². The molecular formula is C8H7F5N2. The number of pyridine rings is 1. The lowest BCUT2D eigenvalue weighted by Crippen LogP contribution is -2.15. The van der Waals surface area contributed by atoms with Gasteiger partial charge in [-0.25, -0.2) is 13.8 Å². The normalized spacial score (nSPS) is 12.2. The van der Waals surface area contributed by atoms with Crippen LogP contribution in [-0.4, -0.2) is 4.98 Å². The third kappa shape index (κ3) is 2.34. The third-order valence-corrected chi connectivity index (χ3v) is 1.71. The Hall–Kier alpha value is -1.40. The Kier molecular flexibility index (Phi) is 2.83. The van der Waals surface area contributed by atoms with Crippen LogP contribution in [0, 0.1) is 6.92 Å². The summed E-state index contributed by atoms with van der Waals surface area (Å²) in [6.45, 7) is 1.25. The number of hydrogen-bond acceptors (Lipinski definition) is 2. The molecule has 84 valence electrons. The second-order valence-electron chi connectivity index (χ2n) is 2.91. The smallest absolute Gasteiger partial charge is 0.398 e. The predicted octanol–water partition coefficient (Wildman–Crippen LogP) is 2.93. The number of alkyl halides is 5. The fourth-order valence-electron chi connectivity index (χ4n) is 1.15. The van der Waals surface area contributed by atoms with E-state index in [-0.39, 0.29) is 5.69 Å². The topological polar surface area (TPSA) is 38.9 Å². The molecule has 7 heteroatoms. The average molecular weight is 226 g/mol. The van der Waals surface area contributed by atoms with Crippen LogP contribution in [0.15, 0.2) is 6.07 Å². The zero-order valence-corrected chi connectivity index (χ0v) is 7.57. The quantitative estimate of drug-likeness (QED) is 0.747. The molecule has 0 bridgehead atoms. The molecule has 1 aromatic heterocycles. The minimum Gasteiger partial charge on any atom is -0.398 e. The third-order valence-electron chi connectivity index (χ3n) is 1.71. The summed E-state index contributed by atoms with van der Waals surface area (Å²) in [4.78, 5) is 3.04. The SMILES string of the molecule is Cc1cc(N)c(C(F)F)c(C(F)(F)F)n1. The van der Waals surface area contributed by atoms with E-state index in [1.807, 2.05) is 0 Å². The first-order valence-corrected chi connectivity index (χ1v) is 3.86. The van der Waals surface area contributed by atoms with Gasteiger partial charge in [0, 0.05) is 11.4 Å². The number of rotatable bonds is 1. The van der Waals surface area contributed by atoms with Crippen molar-refractivity contribution >= 4 is 5.69 Å². The highest BCUT2D eigenvalue weighted by Gasteiger charge is 2.39. The van der Waals surface area contributed by atoms with E-state index >= 15 is 0 Å². The van der Waals surface area contributed by atoms with E-state index < -0.39 is 29.5 Å². The van der Waals surface area contributed by atoms with Crippen LogP contribution in [0.4, 0.5) is 27.6 Å². The van der Waals surface area contributed by atoms with Crippen molar-refractivity contribution in [3.05, 3.63) is 23.0 Å². The molecule has 2 N–H and O–H groups in total. The molecule has 0 aliphatic carbocycles. The first-order chi connectivity index (χ1) is 6.73. The summed E-state index contributed by atoms with van der Waals surface area (Å²) < 4.78 is 61.6. The summed E-state index contributed by atoms with van der Waals surface area (Å²) in [6, 6.07) is 0.983. The second kappa shape index (κ2) is 3.63. The molecule has 0 aliphatic rings. The largest absolute Gasteiger partial charge is 0.433 e. The van der Waals surface area contributed by atoms with Gasteiger partial charge in [0.15, 0.2) is 5.69 Å². The molecule has 1 rings (SSSR count). The molecule has 1 aromatic rings. The van der Waals surface area contributed by atoms with Crippen molar-refractivity contribution in [1.29, 1.82) is 0 Å². The maximum Gasteiger partial charge on any atom is 0.433 e. The van der Waals surface area contributed by atoms with Crippen LogP contribution in [0.1, 0.15) is 23.4 Å². The monoisotopic (exact) mass is 226 g/mol. The number of hydrogen-bond donors (Lipinski definition) is 1. The first kappa shape index (κ1) is 11.7. The Labute approximate surface area is 81.9 Å². The fourth-order valence-corrected chi connectivity index (χ4v) is 1.15. The maximum absolute atomic E-state index is 12.3. The standard InChI is InChI=1S/C8H7F5N2/c1-3-2-4(14)5(7(9)10)6(15-3)8(11,12)13/h2,7H,1H3,(H2,14,15). The van der Waals surface area contributed by atoms with Crippen LogP contribution in [0.2, 0.25) is 0 Å². The number of aryl methyl sites for hydroxylation is 1. The molecule has 0 aromatic carbocycles. The summed E-state index contributed by atoms with van der Waals surface area (Å²) in [6.07, 6.45) is -8.22. The van der Waals surface area contributed by atoms with Crippen LogP contribution in [0.3, 0.4) is 0 Å². The molecule has 0 amide bonds. The fraction of sp³-hybridized carbons (Fsp3) is 0.375. The molecule has 0 saturated heterocycles. The Morgan fingerprint density at radius 1 is 1.33 bits per heavy atom. The average Bonchev–Trinajstić information content (AvgIpc) is 1.99. The number of halogens is 5. The molecule has 1 heterocycles. The van der Waals surface area contributed by atoms with Crippen molar-refractivity contribution in [3.63, 3.8) is 0 Å². The van der Waals surface area contributed by atoms with Gasteiger partial charge in [-0.1, -0.05) is 0 Å². The maximum atomic E-state index is 12.3. The van der Waals surface area contributed by atoms with E-state index in [4.69, 9.17) is 5.73 Å². The van der Waals surface area contributed by atoms with Crippen molar-refractivity contribution < 1.29 is 22.0 Å². The molecule has 2 nitrogen and oxygen atoms in total. The summed E-state index contributed by atoms with van der Waals surface area (Å²) in [5.74, 6) is 0. The molecule has 0 atom stereocenters. The lowest BCUT2D eigenvalue weighted by Gasteiger charge is -2.14. The highest BCUT2D eigenvalue weighted by molar-refractivity contribution is 5.51. The summed E-state index contributed by atoms with van der Waals surface area (Å²) >= 11 is 0. The van der Waals surface area contributed by atoms with Gasteiger partial charge in [-0.2, -0.15) is 13.2 Å². The molecule has 0 spiro atoms. The zero-order valence-electron chi connectivity index (χ0n) is 7.57. The van der Waals surface area contributed by atoms with Gasteiger partial charge in [0.05, 0.1) is 5.56 Å². The van der Waals surface area contributed by atoms with E-state index in [2.05, 4.69) is 4.98 Å². The number of nitrogens with zero attached hydrogens (tertiary/aromatic N) is 1. The van der Waals surface area contributed by atoms with Crippen LogP contribution < -0.4 is 5.73 Å². The minimum atomic E-state index is -4.92. The van der Waals surface area contributed by atoms with E-state index in [0.29, 0.717) is 0 Å². The van der Waals surface area contributed by atoms with Crippen molar-refractivity contribution in [2.24, 2.45) is 0 Å². The molecule has 0 fully saturated rings. The molecule has 15 heavy (non-hydrogen) atoms. The number of nitrogens with two attached hydrogens (primary N) is 1. The Bertz CT molecular complexity index is 372. The summed E-state index contributed by atoms with van der Waals surface area (Å²) in [5.41, 5.74) is 1.58. The van der Waals surface area contributed by atoms with Gasteiger partial charge in [-0.3, -0.25) is 0 Å². The van der Waals surface area contributed by atoms with Crippen LogP contribution >= 0.6 is 0 Å². The lowest BCUT2D eigenvalue weighted by atomic mass is 10.1. The molecule has 0 aliphatic heterocycles. The van der Waals surface area contributed by atoms with Crippen molar-refractivity contribution in [2.75, 3.05) is 5.73 Å². The lowest BCUT2D eigenvalue weighted by molar-refractivity contribution is -0.143. The number of nitrogen functional groups attached to an aromatic ring is 1. The summed E-state index contributed by atoms with van der Waals surface area (Å²) in [5, 5.41) is 0. The van der Waals surface area contributed by atoms with Crippen LogP contribution in [0.25, 0.3) is 0 Å². The van der Waals surface area contributed by atoms with E-state index in [9.17, 15) is 22.0 Å². The van der Waals surface area contributed by atoms with Gasteiger partial charge >= 0.3 is 6.18 Å². The predicted molar refractivity (Wildman–Crippen MR) is 43.3 cm³/mol. The van der Waals surface area contributed by atoms with Gasteiger partial charge in [0.2, 0.25) is 0 Å². The summed E-state index contributed by atoms with van der Waals surface area (Å²) in [7, 11) is 0. The van der Waals surface area contributed by atoms with Crippen molar-refractivity contribution in [2.45, 2.75) is 19.5 Å². The first-order valence-electron chi connectivity index (χ1n) is 3.86. The van der Waals surface area contributed by atoms with Crippen molar-refractivity contribution in [1.82, 2.24) is 4.98 Å². The Balaban J connectivity index is 3.47. The number of anilines is 1. The Morgan fingerprint density at radius 3 is 2.27 bits per heavy atom. The van der Waals surface area contributed by atoms with Gasteiger partial charge in [-0.15, -0.1) is 0 Å². The van der Waals surface area contributed by atoms with E-state index in [1.165, 1.54) is 6.92 Å². The zero-order chi connectivity index (χ0) is 11.8. The highest BCUT2D eigenvalue weighted by atomic mass is 19.4. The highest BCUT2D eigenvalue weighted by Crippen LogP contribution is 2.37. The van der Waals surface area contributed by atoms with Crippen LogP contribution in [-0.2, 0) is 6.18 Å². The van der Waals surface area contributed by atoms with E-state index in [0.717, 1.165) is 6.07 Å². The van der Waals surface area contributed by atoms with Crippen molar-refractivity contribution in [3.8, 4) is 0 Å². The Morgan fingerprint density at radius 2 is 1.87 bits per heavy atom. The van der Waals surface area contributed by atoms with Gasteiger partial charge in [0.25, 0.3) is 6.43 Å². The molecular weight excluding hydrogens is 219 g/mol. The molecule has 0 saturated carbocycles. The van der Waals surface area contributed by atoms with Gasteiger partial charge in [0.1, 0.15) is 0 Å². The van der Waals surface area contributed by atoms with Crippen LogP contribution in [0.5, 0.6) is 0 Å².